The van der Waals surface area contributed by atoms with Crippen LogP contribution < -0.4 is 10.3 Å². The highest BCUT2D eigenvalue weighted by Gasteiger charge is 2.59. The summed E-state index contributed by atoms with van der Waals surface area (Å²) in [6, 6.07) is 4.36. The topological polar surface area (TPSA) is 102 Å². The molecule has 2 unspecified atom stereocenters. The Bertz CT molecular complexity index is 1470. The summed E-state index contributed by atoms with van der Waals surface area (Å²) in [7, 11) is 0.893. The van der Waals surface area contributed by atoms with E-state index in [1.807, 2.05) is 0 Å². The van der Waals surface area contributed by atoms with Gasteiger partial charge in [-0.3, -0.25) is 4.79 Å². The van der Waals surface area contributed by atoms with Gasteiger partial charge >= 0.3 is 18.3 Å². The van der Waals surface area contributed by atoms with Crippen molar-refractivity contribution >= 4 is 29.2 Å². The van der Waals surface area contributed by atoms with Gasteiger partial charge in [0, 0.05) is 34.5 Å². The van der Waals surface area contributed by atoms with Crippen LogP contribution in [0.25, 0.3) is 0 Å². The first-order valence-electron chi connectivity index (χ1n) is 10.7. The van der Waals surface area contributed by atoms with E-state index >= 15 is 0 Å². The fraction of sp³-hybridized carbons (Fsp3) is 0.292. The van der Waals surface area contributed by atoms with Gasteiger partial charge in [-0.05, 0) is 30.7 Å². The number of aromatic nitrogens is 2. The number of ether oxygens (including phenoxy) is 2. The number of nitrogens with zero attached hydrogens (tertiary/aromatic N) is 1. The van der Waals surface area contributed by atoms with Crippen molar-refractivity contribution in [1.82, 2.24) is 9.97 Å². The van der Waals surface area contributed by atoms with Gasteiger partial charge in [0.2, 0.25) is 5.88 Å². The average Bonchev–Trinajstić information content (AvgIpc) is 2.83. The van der Waals surface area contributed by atoms with Crippen LogP contribution in [-0.4, -0.2) is 34.3 Å². The third-order valence-corrected chi connectivity index (χ3v) is 6.52. The SMILES string of the molecule is COC(=O)c1cnc(Oc2ccc(C(C)C(O)(c3cc(Cl)c(=O)[nH]c3C)C(F)(F)F)c(Cl)c2)cc1C(F)(F)F. The zero-order valence-corrected chi connectivity index (χ0v) is 21.6. The largest absolute Gasteiger partial charge is 0.465 e. The number of methoxy groups -OCH3 is 1. The van der Waals surface area contributed by atoms with E-state index in [2.05, 4.69) is 14.7 Å². The maximum absolute atomic E-state index is 14.3. The molecule has 2 heterocycles. The Morgan fingerprint density at radius 2 is 1.69 bits per heavy atom. The van der Waals surface area contributed by atoms with Gasteiger partial charge in [-0.2, -0.15) is 26.3 Å². The quantitative estimate of drug-likeness (QED) is 0.247. The Morgan fingerprint density at radius 3 is 2.23 bits per heavy atom. The monoisotopic (exact) mass is 598 g/mol. The molecule has 0 aliphatic carbocycles. The lowest BCUT2D eigenvalue weighted by molar-refractivity contribution is -0.274. The van der Waals surface area contributed by atoms with Crippen molar-refractivity contribution in [2.45, 2.75) is 37.7 Å². The number of aromatic amines is 1. The van der Waals surface area contributed by atoms with E-state index in [1.165, 1.54) is 0 Å². The van der Waals surface area contributed by atoms with Gasteiger partial charge in [0.1, 0.15) is 10.8 Å². The minimum absolute atomic E-state index is 0.207. The molecule has 0 spiro atoms. The minimum Gasteiger partial charge on any atom is -0.465 e. The molecule has 2 atom stereocenters. The summed E-state index contributed by atoms with van der Waals surface area (Å²) in [6.45, 7) is 2.19. The first-order chi connectivity index (χ1) is 17.9. The molecule has 2 N–H and O–H groups in total. The molecule has 0 aliphatic rings. The Morgan fingerprint density at radius 1 is 1.05 bits per heavy atom. The Hall–Kier alpha value is -3.29. The molecule has 0 saturated heterocycles. The number of nitrogens with one attached hydrogen (secondary N) is 1. The third kappa shape index (κ3) is 5.85. The Labute approximate surface area is 226 Å². The zero-order chi connectivity index (χ0) is 29.5. The third-order valence-electron chi connectivity index (χ3n) is 5.91. The van der Waals surface area contributed by atoms with Gasteiger partial charge in [0.05, 0.1) is 18.2 Å². The number of halogens is 8. The number of rotatable bonds is 6. The molecule has 1 aromatic carbocycles. The number of H-pyrrole nitrogens is 1. The van der Waals surface area contributed by atoms with Crippen molar-refractivity contribution in [3.63, 3.8) is 0 Å². The lowest BCUT2D eigenvalue weighted by Crippen LogP contribution is -2.47. The number of pyridine rings is 2. The summed E-state index contributed by atoms with van der Waals surface area (Å²) >= 11 is 11.9. The summed E-state index contributed by atoms with van der Waals surface area (Å²) in [5.74, 6) is -3.86. The normalized spacial score (nSPS) is 14.5. The van der Waals surface area contributed by atoms with E-state index in [-0.39, 0.29) is 22.0 Å². The predicted octanol–water partition coefficient (Wildman–Crippen LogP) is 6.54. The van der Waals surface area contributed by atoms with Crippen LogP contribution in [0.1, 0.15) is 45.6 Å². The molecule has 0 aliphatic heterocycles. The van der Waals surface area contributed by atoms with Crippen molar-refractivity contribution in [1.29, 1.82) is 0 Å². The number of aliphatic hydroxyl groups is 1. The molecule has 0 fully saturated rings. The summed E-state index contributed by atoms with van der Waals surface area (Å²) in [4.78, 5) is 29.2. The molecule has 15 heteroatoms. The highest BCUT2D eigenvalue weighted by atomic mass is 35.5. The highest BCUT2D eigenvalue weighted by molar-refractivity contribution is 6.31. The van der Waals surface area contributed by atoms with Crippen molar-refractivity contribution in [2.24, 2.45) is 0 Å². The molecular formula is C24H18Cl2F6N2O5. The number of carbonyl (C=O) groups excluding carboxylic acids is 1. The fourth-order valence-electron chi connectivity index (χ4n) is 3.89. The molecule has 2 aromatic heterocycles. The second-order valence-electron chi connectivity index (χ2n) is 8.31. The number of carbonyl (C=O) groups is 1. The fourth-order valence-corrected chi connectivity index (χ4v) is 4.38. The first-order valence-corrected chi connectivity index (χ1v) is 11.5. The van der Waals surface area contributed by atoms with Crippen molar-refractivity contribution in [3.8, 4) is 11.6 Å². The molecule has 0 saturated carbocycles. The number of aryl methyl sites for hydroxylation is 1. The van der Waals surface area contributed by atoms with Crippen LogP contribution in [0, 0.1) is 6.92 Å². The standard InChI is InChI=1S/C24H18Cl2F6N2O5/c1-10(22(37,24(30,31)32)15-7-18(26)20(35)34-11(15)2)13-5-4-12(6-17(13)25)39-19-8-16(23(27,28)29)14(9-33-19)21(36)38-3/h4-10,37H,1-3H3,(H,34,35). The minimum atomic E-state index is -5.27. The molecule has 210 valence electrons. The van der Waals surface area contributed by atoms with Gasteiger partial charge in [-0.15, -0.1) is 0 Å². The van der Waals surface area contributed by atoms with Crippen LogP contribution in [0.5, 0.6) is 11.6 Å². The zero-order valence-electron chi connectivity index (χ0n) is 20.1. The van der Waals surface area contributed by atoms with Crippen LogP contribution in [0.3, 0.4) is 0 Å². The van der Waals surface area contributed by atoms with E-state index in [9.17, 15) is 41.0 Å². The van der Waals surface area contributed by atoms with Gasteiger partial charge in [0.15, 0.2) is 5.60 Å². The number of esters is 1. The Kier molecular flexibility index (Phi) is 8.30. The summed E-state index contributed by atoms with van der Waals surface area (Å²) in [5.41, 5.74) is -7.87. The molecule has 3 aromatic rings. The van der Waals surface area contributed by atoms with Crippen LogP contribution in [0.4, 0.5) is 26.3 Å². The molecule has 39 heavy (non-hydrogen) atoms. The predicted molar refractivity (Wildman–Crippen MR) is 127 cm³/mol. The lowest BCUT2D eigenvalue weighted by atomic mass is 9.77. The molecule has 7 nitrogen and oxygen atoms in total. The van der Waals surface area contributed by atoms with Crippen molar-refractivity contribution in [3.05, 3.63) is 84.9 Å². The molecule has 3 rings (SSSR count). The van der Waals surface area contributed by atoms with Crippen molar-refractivity contribution in [2.75, 3.05) is 7.11 Å². The van der Waals surface area contributed by atoms with Gasteiger partial charge in [-0.1, -0.05) is 36.2 Å². The molecule has 0 radical (unpaired) electrons. The summed E-state index contributed by atoms with van der Waals surface area (Å²) < 4.78 is 92.8. The molecular weight excluding hydrogens is 581 g/mol. The number of hydrogen-bond donors (Lipinski definition) is 2. The van der Waals surface area contributed by atoms with E-state index < -0.39 is 63.0 Å². The van der Waals surface area contributed by atoms with E-state index in [0.29, 0.717) is 18.3 Å². The van der Waals surface area contributed by atoms with Gasteiger partial charge < -0.3 is 19.6 Å². The van der Waals surface area contributed by atoms with E-state index in [0.717, 1.165) is 39.2 Å². The van der Waals surface area contributed by atoms with Crippen LogP contribution >= 0.6 is 23.2 Å². The molecule has 0 amide bonds. The van der Waals surface area contributed by atoms with Crippen LogP contribution in [0.2, 0.25) is 10.0 Å². The number of alkyl halides is 6. The van der Waals surface area contributed by atoms with Gasteiger partial charge in [0.25, 0.3) is 5.56 Å². The Balaban J connectivity index is 2.03. The maximum atomic E-state index is 14.3. The average molecular weight is 599 g/mol. The van der Waals surface area contributed by atoms with Crippen molar-refractivity contribution < 1.29 is 45.7 Å². The molecule has 0 bridgehead atoms. The van der Waals surface area contributed by atoms with E-state index in [4.69, 9.17) is 27.9 Å². The second-order valence-corrected chi connectivity index (χ2v) is 9.13. The highest BCUT2D eigenvalue weighted by Crippen LogP contribution is 2.51. The van der Waals surface area contributed by atoms with Crippen LogP contribution in [-0.2, 0) is 16.5 Å². The van der Waals surface area contributed by atoms with Gasteiger partial charge in [-0.25, -0.2) is 9.78 Å². The maximum Gasteiger partial charge on any atom is 0.422 e. The van der Waals surface area contributed by atoms with Crippen LogP contribution in [0.15, 0.2) is 41.3 Å². The lowest BCUT2D eigenvalue weighted by Gasteiger charge is -2.37. The summed E-state index contributed by atoms with van der Waals surface area (Å²) in [6.07, 6.45) is -9.63. The second kappa shape index (κ2) is 10.7. The smallest absolute Gasteiger partial charge is 0.422 e. The number of hydrogen-bond acceptors (Lipinski definition) is 6. The summed E-state index contributed by atoms with van der Waals surface area (Å²) in [5, 5.41) is 10.1. The van der Waals surface area contributed by atoms with E-state index in [1.54, 1.807) is 0 Å². The number of benzene rings is 1. The first kappa shape index (κ1) is 30.3.